The molecule has 100 valence electrons. The van der Waals surface area contributed by atoms with Crippen molar-refractivity contribution in [1.82, 2.24) is 4.98 Å². The summed E-state index contributed by atoms with van der Waals surface area (Å²) >= 11 is 6.48. The third kappa shape index (κ3) is 3.90. The number of hydrogen-bond donors (Lipinski definition) is 1. The topological polar surface area (TPSA) is 51.3 Å². The minimum atomic E-state index is -0.171. The molecule has 0 saturated carbocycles. The van der Waals surface area contributed by atoms with Crippen LogP contribution in [-0.2, 0) is 20.7 Å². The molecule has 0 spiro atoms. The minimum Gasteiger partial charge on any atom is -0.465 e. The van der Waals surface area contributed by atoms with Crippen LogP contribution in [0.4, 0.5) is 0 Å². The average molecular weight is 287 g/mol. The summed E-state index contributed by atoms with van der Waals surface area (Å²) < 4.78 is 11.3. The van der Waals surface area contributed by atoms with Crippen molar-refractivity contribution in [2.75, 3.05) is 19.8 Å². The number of ether oxygens (including phenoxy) is 2. The van der Waals surface area contributed by atoms with Gasteiger partial charge in [-0.15, -0.1) is 11.3 Å². The highest BCUT2D eigenvalue weighted by atomic mass is 32.1. The van der Waals surface area contributed by atoms with Gasteiger partial charge in [0.1, 0.15) is 0 Å². The Balaban J connectivity index is 1.78. The Morgan fingerprint density at radius 2 is 2.28 bits per heavy atom. The van der Waals surface area contributed by atoms with Crippen LogP contribution in [0.2, 0.25) is 0 Å². The number of H-pyrrole nitrogens is 1. The predicted octanol–water partition coefficient (Wildman–Crippen LogP) is 2.63. The molecule has 1 aromatic heterocycles. The molecule has 6 heteroatoms. The van der Waals surface area contributed by atoms with Crippen LogP contribution in [0.25, 0.3) is 0 Å². The lowest BCUT2D eigenvalue weighted by Crippen LogP contribution is -2.22. The summed E-state index contributed by atoms with van der Waals surface area (Å²) in [6.07, 6.45) is 2.28. The van der Waals surface area contributed by atoms with E-state index in [1.54, 1.807) is 0 Å². The fourth-order valence-corrected chi connectivity index (χ4v) is 3.19. The predicted molar refractivity (Wildman–Crippen MR) is 72.4 cm³/mol. The SMILES string of the molecule is Cc1[nH]c(=S)sc1CC(=O)OCC1CCOCC1. The zero-order valence-electron chi connectivity index (χ0n) is 10.4. The largest absolute Gasteiger partial charge is 0.465 e. The number of carbonyl (C=O) groups excluding carboxylic acids is 1. The number of hydrogen-bond acceptors (Lipinski definition) is 5. The highest BCUT2D eigenvalue weighted by molar-refractivity contribution is 7.73. The van der Waals surface area contributed by atoms with E-state index in [0.717, 1.165) is 36.6 Å². The monoisotopic (exact) mass is 287 g/mol. The molecule has 1 N–H and O–H groups in total. The molecular formula is C12H17NO3S2. The minimum absolute atomic E-state index is 0.171. The molecule has 1 saturated heterocycles. The van der Waals surface area contributed by atoms with Crippen LogP contribution < -0.4 is 0 Å². The number of nitrogens with one attached hydrogen (secondary N) is 1. The molecule has 0 bridgehead atoms. The summed E-state index contributed by atoms with van der Waals surface area (Å²) in [5.41, 5.74) is 0.966. The van der Waals surface area contributed by atoms with E-state index in [1.165, 1.54) is 11.3 Å². The summed E-state index contributed by atoms with van der Waals surface area (Å²) in [4.78, 5) is 15.7. The molecule has 2 heterocycles. The summed E-state index contributed by atoms with van der Waals surface area (Å²) in [7, 11) is 0. The molecule has 4 nitrogen and oxygen atoms in total. The van der Waals surface area contributed by atoms with E-state index in [1.807, 2.05) is 6.92 Å². The molecule has 0 unspecified atom stereocenters. The quantitative estimate of drug-likeness (QED) is 0.683. The first kappa shape index (κ1) is 13.7. The Kier molecular flexibility index (Phi) is 4.91. The van der Waals surface area contributed by atoms with Crippen LogP contribution >= 0.6 is 23.6 Å². The van der Waals surface area contributed by atoms with Crippen molar-refractivity contribution in [3.8, 4) is 0 Å². The number of esters is 1. The van der Waals surface area contributed by atoms with Crippen molar-refractivity contribution >= 4 is 29.5 Å². The maximum atomic E-state index is 11.7. The van der Waals surface area contributed by atoms with Crippen molar-refractivity contribution in [2.45, 2.75) is 26.2 Å². The van der Waals surface area contributed by atoms with Crippen molar-refractivity contribution in [3.63, 3.8) is 0 Å². The van der Waals surface area contributed by atoms with Gasteiger partial charge in [-0.25, -0.2) is 0 Å². The Hall–Kier alpha value is -0.720. The van der Waals surface area contributed by atoms with Crippen molar-refractivity contribution in [1.29, 1.82) is 0 Å². The molecule has 1 aliphatic heterocycles. The summed E-state index contributed by atoms with van der Waals surface area (Å²) in [6, 6.07) is 0. The zero-order chi connectivity index (χ0) is 13.0. The molecule has 0 aliphatic carbocycles. The van der Waals surface area contributed by atoms with Gasteiger partial charge in [0.15, 0.2) is 3.95 Å². The molecule has 1 fully saturated rings. The van der Waals surface area contributed by atoms with Crippen LogP contribution in [-0.4, -0.2) is 30.8 Å². The maximum absolute atomic E-state index is 11.7. The molecule has 18 heavy (non-hydrogen) atoms. The van der Waals surface area contributed by atoms with Crippen LogP contribution in [0.5, 0.6) is 0 Å². The third-order valence-corrected chi connectivity index (χ3v) is 4.39. The van der Waals surface area contributed by atoms with Gasteiger partial charge in [0.25, 0.3) is 0 Å². The highest BCUT2D eigenvalue weighted by Gasteiger charge is 2.16. The van der Waals surface area contributed by atoms with Crippen LogP contribution in [0, 0.1) is 16.8 Å². The smallest absolute Gasteiger partial charge is 0.311 e. The Morgan fingerprint density at radius 3 is 2.89 bits per heavy atom. The second-order valence-electron chi connectivity index (χ2n) is 4.48. The van der Waals surface area contributed by atoms with Gasteiger partial charge >= 0.3 is 5.97 Å². The third-order valence-electron chi connectivity index (χ3n) is 3.05. The van der Waals surface area contributed by atoms with E-state index in [0.29, 0.717) is 22.9 Å². The van der Waals surface area contributed by atoms with Crippen molar-refractivity contribution in [3.05, 3.63) is 14.5 Å². The fourth-order valence-electron chi connectivity index (χ4n) is 1.91. The van der Waals surface area contributed by atoms with Crippen molar-refractivity contribution in [2.24, 2.45) is 5.92 Å². The van der Waals surface area contributed by atoms with Crippen LogP contribution in [0.15, 0.2) is 0 Å². The molecule has 0 aromatic carbocycles. The first-order valence-electron chi connectivity index (χ1n) is 6.07. The van der Waals surface area contributed by atoms with E-state index >= 15 is 0 Å². The summed E-state index contributed by atoms with van der Waals surface area (Å²) in [5, 5.41) is 0. The number of aromatic nitrogens is 1. The van der Waals surface area contributed by atoms with Gasteiger partial charge in [0.05, 0.1) is 13.0 Å². The number of aromatic amines is 1. The first-order valence-corrected chi connectivity index (χ1v) is 7.29. The number of carbonyl (C=O) groups is 1. The zero-order valence-corrected chi connectivity index (χ0v) is 12.0. The Bertz CT molecular complexity index is 460. The van der Waals surface area contributed by atoms with Crippen LogP contribution in [0.1, 0.15) is 23.4 Å². The summed E-state index contributed by atoms with van der Waals surface area (Å²) in [6.45, 7) is 3.99. The first-order chi connectivity index (χ1) is 8.65. The van der Waals surface area contributed by atoms with E-state index in [2.05, 4.69) is 4.98 Å². The molecule has 0 radical (unpaired) electrons. The highest BCUT2D eigenvalue weighted by Crippen LogP contribution is 2.17. The van der Waals surface area contributed by atoms with Gasteiger partial charge in [-0.3, -0.25) is 4.79 Å². The molecule has 0 amide bonds. The lowest BCUT2D eigenvalue weighted by atomic mass is 10.0. The second-order valence-corrected chi connectivity index (χ2v) is 6.25. The fraction of sp³-hybridized carbons (Fsp3) is 0.667. The lowest BCUT2D eigenvalue weighted by Gasteiger charge is -2.21. The standard InChI is InChI=1S/C12H17NO3S2/c1-8-10(18-12(17)13-8)6-11(14)16-7-9-2-4-15-5-3-9/h9H,2-7H2,1H3,(H,13,17). The number of rotatable bonds is 4. The maximum Gasteiger partial charge on any atom is 0.311 e. The molecule has 1 aliphatic rings. The van der Waals surface area contributed by atoms with Gasteiger partial charge in [0, 0.05) is 23.8 Å². The Labute approximate surface area is 115 Å². The second kappa shape index (κ2) is 6.45. The summed E-state index contributed by atoms with van der Waals surface area (Å²) in [5.74, 6) is 0.281. The van der Waals surface area contributed by atoms with Crippen LogP contribution in [0.3, 0.4) is 0 Å². The van der Waals surface area contributed by atoms with E-state index in [4.69, 9.17) is 21.7 Å². The van der Waals surface area contributed by atoms with Gasteiger partial charge in [-0.05, 0) is 37.9 Å². The molecular weight excluding hydrogens is 270 g/mol. The Morgan fingerprint density at radius 1 is 1.56 bits per heavy atom. The molecule has 0 atom stereocenters. The van der Waals surface area contributed by atoms with Gasteiger partial charge in [-0.2, -0.15) is 0 Å². The normalized spacial score (nSPS) is 16.7. The molecule has 2 rings (SSSR count). The van der Waals surface area contributed by atoms with Gasteiger partial charge in [0.2, 0.25) is 0 Å². The van der Waals surface area contributed by atoms with E-state index in [-0.39, 0.29) is 5.97 Å². The van der Waals surface area contributed by atoms with E-state index < -0.39 is 0 Å². The number of aryl methyl sites for hydroxylation is 1. The number of thiazole rings is 1. The lowest BCUT2D eigenvalue weighted by molar-refractivity contribution is -0.145. The van der Waals surface area contributed by atoms with Gasteiger partial charge in [-0.1, -0.05) is 0 Å². The van der Waals surface area contributed by atoms with E-state index in [9.17, 15) is 4.79 Å². The average Bonchev–Trinajstić information content (AvgIpc) is 2.67. The van der Waals surface area contributed by atoms with Gasteiger partial charge < -0.3 is 14.5 Å². The molecule has 1 aromatic rings. The van der Waals surface area contributed by atoms with Crippen molar-refractivity contribution < 1.29 is 14.3 Å².